The highest BCUT2D eigenvalue weighted by atomic mass is 19.4. The summed E-state index contributed by atoms with van der Waals surface area (Å²) >= 11 is 0. The molecular formula is C25H35F3N4O3. The van der Waals surface area contributed by atoms with Crippen LogP contribution in [-0.2, 0) is 20.4 Å². The number of carbonyl (C=O) groups is 1. The highest BCUT2D eigenvalue weighted by Crippen LogP contribution is 2.46. The Morgan fingerprint density at radius 1 is 1.37 bits per heavy atom. The quantitative estimate of drug-likeness (QED) is 0.651. The number of rotatable bonds is 6. The molecule has 7 nitrogen and oxygen atoms in total. The fourth-order valence-corrected chi connectivity index (χ4v) is 6.56. The molecule has 3 aliphatic heterocycles. The number of piperazine rings is 1. The zero-order valence-corrected chi connectivity index (χ0v) is 20.1. The first-order chi connectivity index (χ1) is 17.2. The van der Waals surface area contributed by atoms with Crippen LogP contribution in [0.15, 0.2) is 18.3 Å². The Balaban J connectivity index is 1.22. The van der Waals surface area contributed by atoms with E-state index in [0.29, 0.717) is 32.1 Å². The van der Waals surface area contributed by atoms with Crippen molar-refractivity contribution in [3.05, 3.63) is 23.9 Å². The normalized spacial score (nSPS) is 35.5. The van der Waals surface area contributed by atoms with Crippen molar-refractivity contribution in [3.8, 4) is 0 Å². The SMILES string of the molecule is [2H]CO[C@@H]1COCC[C@@H]1N[C@@H]1CC[C@](CC)(C(=O)N2C[C@@H]3C[C@H]2CN3c2cc(C(F)(F)F)ccn2)C1. The first kappa shape index (κ1) is 23.5. The summed E-state index contributed by atoms with van der Waals surface area (Å²) in [5, 5.41) is 3.70. The van der Waals surface area contributed by atoms with Gasteiger partial charge in [0.25, 0.3) is 0 Å². The number of hydrogen-bond donors (Lipinski definition) is 1. The Morgan fingerprint density at radius 3 is 2.94 bits per heavy atom. The molecule has 2 bridgehead atoms. The second kappa shape index (κ2) is 9.52. The Morgan fingerprint density at radius 2 is 2.23 bits per heavy atom. The van der Waals surface area contributed by atoms with E-state index in [2.05, 4.69) is 17.2 Å². The van der Waals surface area contributed by atoms with Crippen LogP contribution < -0.4 is 10.2 Å². The lowest BCUT2D eigenvalue weighted by Gasteiger charge is -2.40. The second-order valence-electron chi connectivity index (χ2n) is 10.5. The molecule has 1 saturated carbocycles. The average Bonchev–Trinajstić information content (AvgIpc) is 3.59. The van der Waals surface area contributed by atoms with Crippen LogP contribution in [0.4, 0.5) is 19.0 Å². The number of hydrogen-bond acceptors (Lipinski definition) is 6. The summed E-state index contributed by atoms with van der Waals surface area (Å²) in [7, 11) is -0.0984. The number of aromatic nitrogens is 1. The number of ether oxygens (including phenoxy) is 2. The van der Waals surface area contributed by atoms with Crippen molar-refractivity contribution in [2.75, 3.05) is 38.3 Å². The first-order valence-electron chi connectivity index (χ1n) is 13.3. The number of fused-ring (bicyclic) bond motifs is 2. The van der Waals surface area contributed by atoms with Gasteiger partial charge in [0.15, 0.2) is 0 Å². The van der Waals surface area contributed by atoms with Crippen molar-refractivity contribution in [3.63, 3.8) is 0 Å². The first-order valence-corrected chi connectivity index (χ1v) is 12.6. The number of nitrogens with one attached hydrogen (secondary N) is 1. The predicted octanol–water partition coefficient (Wildman–Crippen LogP) is 3.23. The molecule has 1 aromatic heterocycles. The van der Waals surface area contributed by atoms with Gasteiger partial charge in [-0.25, -0.2) is 4.98 Å². The molecule has 0 aromatic carbocycles. The molecule has 1 aliphatic carbocycles. The van der Waals surface area contributed by atoms with E-state index >= 15 is 0 Å². The Bertz CT molecular complexity index is 951. The largest absolute Gasteiger partial charge is 0.416 e. The Labute approximate surface area is 205 Å². The Kier molecular flexibility index (Phi) is 6.39. The highest BCUT2D eigenvalue weighted by Gasteiger charge is 2.53. The molecule has 5 rings (SSSR count). The molecule has 4 heterocycles. The molecule has 1 N–H and O–H groups in total. The van der Waals surface area contributed by atoms with Gasteiger partial charge in [-0.3, -0.25) is 4.79 Å². The second-order valence-corrected chi connectivity index (χ2v) is 10.5. The lowest BCUT2D eigenvalue weighted by molar-refractivity contribution is -0.143. The zero-order chi connectivity index (χ0) is 25.5. The molecule has 6 atom stereocenters. The van der Waals surface area contributed by atoms with Crippen molar-refractivity contribution in [2.45, 2.75) is 81.9 Å². The fourth-order valence-electron chi connectivity index (χ4n) is 6.56. The van der Waals surface area contributed by atoms with Gasteiger partial charge < -0.3 is 24.6 Å². The summed E-state index contributed by atoms with van der Waals surface area (Å²) in [5.41, 5.74) is -1.12. The van der Waals surface area contributed by atoms with Gasteiger partial charge in [-0.1, -0.05) is 6.92 Å². The minimum atomic E-state index is -4.41. The van der Waals surface area contributed by atoms with Gasteiger partial charge >= 0.3 is 6.18 Å². The van der Waals surface area contributed by atoms with Gasteiger partial charge in [-0.05, 0) is 50.7 Å². The maximum absolute atomic E-state index is 13.9. The Hall–Kier alpha value is -1.91. The number of carbonyl (C=O) groups excluding carboxylic acids is 1. The van der Waals surface area contributed by atoms with Gasteiger partial charge in [0, 0.05) is 45.1 Å². The third-order valence-corrected chi connectivity index (χ3v) is 8.58. The number of anilines is 1. The molecule has 1 aromatic rings. The number of halogens is 3. The predicted molar refractivity (Wildman–Crippen MR) is 124 cm³/mol. The summed E-state index contributed by atoms with van der Waals surface area (Å²) in [6.07, 6.45) is 1.50. The standard InChI is InChI=1S/C25H35F3N4O3/c1-3-24(7-4-17(12-24)30-20-6-9-35-15-21(20)34-2)23(33)32-14-18-11-19(32)13-31(18)22-10-16(5-8-29-22)25(26,27)28/h5,8,10,17-21,30H,3-4,6-7,9,11-15H2,1-2H3/t17-,18+,19+,20+,21-,24+/m1/s1/i2D. The molecule has 194 valence electrons. The lowest BCUT2D eigenvalue weighted by atomic mass is 9.81. The van der Waals surface area contributed by atoms with Crippen LogP contribution >= 0.6 is 0 Å². The van der Waals surface area contributed by atoms with Crippen molar-refractivity contribution < 1.29 is 28.8 Å². The van der Waals surface area contributed by atoms with Gasteiger partial charge in [-0.2, -0.15) is 13.2 Å². The highest BCUT2D eigenvalue weighted by molar-refractivity contribution is 5.84. The number of amides is 1. The molecule has 1 amide bonds. The van der Waals surface area contributed by atoms with Crippen LogP contribution in [-0.4, -0.2) is 79.5 Å². The number of methoxy groups -OCH3 is 1. The summed E-state index contributed by atoms with van der Waals surface area (Å²) in [5.74, 6) is 0.519. The van der Waals surface area contributed by atoms with Crippen molar-refractivity contribution in [1.82, 2.24) is 15.2 Å². The van der Waals surface area contributed by atoms with Crippen LogP contribution in [0.1, 0.15) is 52.4 Å². The molecule has 4 aliphatic rings. The minimum absolute atomic E-state index is 0.000366. The minimum Gasteiger partial charge on any atom is -0.379 e. The molecule has 0 spiro atoms. The maximum atomic E-state index is 13.9. The molecule has 0 unspecified atom stereocenters. The number of likely N-dealkylation sites (tertiary alicyclic amines) is 1. The van der Waals surface area contributed by atoms with Crippen LogP contribution in [0.3, 0.4) is 0 Å². The number of nitrogens with zero attached hydrogens (tertiary/aromatic N) is 3. The molecule has 10 heteroatoms. The van der Waals surface area contributed by atoms with Gasteiger partial charge in [0.05, 0.1) is 37.1 Å². The van der Waals surface area contributed by atoms with Gasteiger partial charge in [-0.15, -0.1) is 0 Å². The van der Waals surface area contributed by atoms with Crippen LogP contribution in [0.2, 0.25) is 0 Å². The lowest BCUT2D eigenvalue weighted by Crippen LogP contribution is -2.54. The van der Waals surface area contributed by atoms with E-state index in [1.807, 2.05) is 9.80 Å². The number of pyridine rings is 1. The monoisotopic (exact) mass is 497 g/mol. The van der Waals surface area contributed by atoms with E-state index < -0.39 is 17.2 Å². The van der Waals surface area contributed by atoms with Crippen molar-refractivity contribution in [2.24, 2.45) is 5.41 Å². The smallest absolute Gasteiger partial charge is 0.379 e. The van der Waals surface area contributed by atoms with E-state index in [4.69, 9.17) is 10.8 Å². The summed E-state index contributed by atoms with van der Waals surface area (Å²) in [6, 6.07) is 2.42. The maximum Gasteiger partial charge on any atom is 0.416 e. The van der Waals surface area contributed by atoms with Crippen LogP contribution in [0, 0.1) is 5.41 Å². The fraction of sp³-hybridized carbons (Fsp3) is 0.760. The zero-order valence-electron chi connectivity index (χ0n) is 21.1. The van der Waals surface area contributed by atoms with Gasteiger partial charge in [0.2, 0.25) is 5.91 Å². The molecule has 4 fully saturated rings. The molecule has 35 heavy (non-hydrogen) atoms. The molecule has 3 saturated heterocycles. The molecular weight excluding hydrogens is 461 g/mol. The van der Waals surface area contributed by atoms with E-state index in [0.717, 1.165) is 50.7 Å². The van der Waals surface area contributed by atoms with E-state index in [1.54, 1.807) is 0 Å². The van der Waals surface area contributed by atoms with Crippen molar-refractivity contribution in [1.29, 1.82) is 0 Å². The third kappa shape index (κ3) is 4.64. The van der Waals surface area contributed by atoms with E-state index in [1.165, 1.54) is 6.20 Å². The summed E-state index contributed by atoms with van der Waals surface area (Å²) < 4.78 is 58.0. The third-order valence-electron chi connectivity index (χ3n) is 8.58. The summed E-state index contributed by atoms with van der Waals surface area (Å²) in [4.78, 5) is 22.0. The summed E-state index contributed by atoms with van der Waals surface area (Å²) in [6.45, 7) is 4.26. The number of alkyl halides is 3. The molecule has 0 radical (unpaired) electrons. The topological polar surface area (TPSA) is 66.9 Å². The van der Waals surface area contributed by atoms with Crippen molar-refractivity contribution >= 4 is 11.7 Å². The van der Waals surface area contributed by atoms with Crippen LogP contribution in [0.5, 0.6) is 0 Å². The van der Waals surface area contributed by atoms with Crippen LogP contribution in [0.25, 0.3) is 0 Å². The van der Waals surface area contributed by atoms with E-state index in [9.17, 15) is 18.0 Å². The van der Waals surface area contributed by atoms with Gasteiger partial charge in [0.1, 0.15) is 5.82 Å². The average molecular weight is 498 g/mol. The van der Waals surface area contributed by atoms with E-state index in [-0.39, 0.29) is 43.3 Å².